The van der Waals surface area contributed by atoms with Crippen LogP contribution in [0.2, 0.25) is 0 Å². The van der Waals surface area contributed by atoms with Crippen molar-refractivity contribution in [2.24, 2.45) is 0 Å². The van der Waals surface area contributed by atoms with E-state index in [0.29, 0.717) is 12.1 Å². The van der Waals surface area contributed by atoms with E-state index >= 15 is 0 Å². The molecule has 2 rings (SSSR count). The van der Waals surface area contributed by atoms with E-state index in [1.165, 1.54) is 18.9 Å². The summed E-state index contributed by atoms with van der Waals surface area (Å²) >= 11 is 0. The molecule has 4 nitrogen and oxygen atoms in total. The van der Waals surface area contributed by atoms with Crippen LogP contribution in [0.25, 0.3) is 0 Å². The van der Waals surface area contributed by atoms with Gasteiger partial charge in [-0.15, -0.1) is 0 Å². The summed E-state index contributed by atoms with van der Waals surface area (Å²) in [5.41, 5.74) is 1.00. The summed E-state index contributed by atoms with van der Waals surface area (Å²) < 4.78 is 0. The average molecular weight is 264 g/mol. The molecule has 1 aliphatic heterocycles. The number of phenols is 2. The second-order valence-electron chi connectivity index (χ2n) is 5.61. The molecule has 0 atom stereocenters. The minimum Gasteiger partial charge on any atom is -0.504 e. The molecular formula is C15H24N2O2. The Labute approximate surface area is 115 Å². The number of nitrogens with zero attached hydrogens (tertiary/aromatic N) is 1. The molecule has 1 aromatic carbocycles. The summed E-state index contributed by atoms with van der Waals surface area (Å²) in [6.45, 7) is 7.52. The number of hydrogen-bond donors (Lipinski definition) is 3. The lowest BCUT2D eigenvalue weighted by molar-refractivity contribution is 0.161. The molecule has 0 aliphatic carbocycles. The lowest BCUT2D eigenvalue weighted by atomic mass is 10.0. The molecule has 1 aromatic rings. The van der Waals surface area contributed by atoms with E-state index < -0.39 is 0 Å². The van der Waals surface area contributed by atoms with Crippen LogP contribution in [0.15, 0.2) is 18.2 Å². The highest BCUT2D eigenvalue weighted by atomic mass is 16.3. The van der Waals surface area contributed by atoms with E-state index in [-0.39, 0.29) is 11.5 Å². The van der Waals surface area contributed by atoms with Crippen molar-refractivity contribution < 1.29 is 10.2 Å². The van der Waals surface area contributed by atoms with Gasteiger partial charge in [0.25, 0.3) is 0 Å². The molecule has 0 aromatic heterocycles. The van der Waals surface area contributed by atoms with Crippen LogP contribution in [0.5, 0.6) is 11.5 Å². The molecule has 19 heavy (non-hydrogen) atoms. The Hall–Kier alpha value is -1.26. The Morgan fingerprint density at radius 3 is 2.47 bits per heavy atom. The SMILES string of the molecule is CC(C)N1CCC(NCc2ccc(O)c(O)c2)CC1. The summed E-state index contributed by atoms with van der Waals surface area (Å²) in [6, 6.07) is 6.17. The fourth-order valence-corrected chi connectivity index (χ4v) is 2.56. The van der Waals surface area contributed by atoms with Gasteiger partial charge in [0.1, 0.15) is 0 Å². The standard InChI is InChI=1S/C15H24N2O2/c1-11(2)17-7-5-13(6-8-17)16-10-12-3-4-14(18)15(19)9-12/h3-4,9,11,13,16,18-19H,5-8,10H2,1-2H3. The van der Waals surface area contributed by atoms with Crippen molar-refractivity contribution in [3.8, 4) is 11.5 Å². The van der Waals surface area contributed by atoms with Gasteiger partial charge >= 0.3 is 0 Å². The quantitative estimate of drug-likeness (QED) is 0.729. The Morgan fingerprint density at radius 2 is 1.89 bits per heavy atom. The first kappa shape index (κ1) is 14.2. The molecule has 0 spiro atoms. The predicted molar refractivity (Wildman–Crippen MR) is 76.3 cm³/mol. The van der Waals surface area contributed by atoms with Gasteiger partial charge in [-0.2, -0.15) is 0 Å². The third-order valence-corrected chi connectivity index (χ3v) is 3.89. The lowest BCUT2D eigenvalue weighted by Gasteiger charge is -2.35. The summed E-state index contributed by atoms with van der Waals surface area (Å²) in [7, 11) is 0. The Kier molecular flexibility index (Phi) is 4.66. The molecule has 0 radical (unpaired) electrons. The molecule has 3 N–H and O–H groups in total. The van der Waals surface area contributed by atoms with Crippen LogP contribution in [0, 0.1) is 0 Å². The molecule has 4 heteroatoms. The maximum absolute atomic E-state index is 9.45. The van der Waals surface area contributed by atoms with Crippen molar-refractivity contribution in [2.45, 2.75) is 45.3 Å². The molecule has 1 saturated heterocycles. The molecule has 0 amide bonds. The zero-order valence-corrected chi connectivity index (χ0v) is 11.8. The predicted octanol–water partition coefficient (Wildman–Crippen LogP) is 2.06. The molecular weight excluding hydrogens is 240 g/mol. The maximum atomic E-state index is 9.45. The topological polar surface area (TPSA) is 55.7 Å². The van der Waals surface area contributed by atoms with Gasteiger partial charge in [0, 0.05) is 18.6 Å². The summed E-state index contributed by atoms with van der Waals surface area (Å²) in [6.07, 6.45) is 2.34. The van der Waals surface area contributed by atoms with E-state index in [0.717, 1.165) is 25.2 Å². The van der Waals surface area contributed by atoms with E-state index in [4.69, 9.17) is 0 Å². The third-order valence-electron chi connectivity index (χ3n) is 3.89. The highest BCUT2D eigenvalue weighted by Gasteiger charge is 2.20. The molecule has 0 saturated carbocycles. The fourth-order valence-electron chi connectivity index (χ4n) is 2.56. The first-order valence-electron chi connectivity index (χ1n) is 7.04. The number of phenolic OH excluding ortho intramolecular Hbond substituents is 2. The zero-order valence-electron chi connectivity index (χ0n) is 11.8. The second-order valence-corrected chi connectivity index (χ2v) is 5.61. The second kappa shape index (κ2) is 6.26. The van der Waals surface area contributed by atoms with E-state index in [9.17, 15) is 10.2 Å². The maximum Gasteiger partial charge on any atom is 0.157 e. The van der Waals surface area contributed by atoms with Crippen molar-refractivity contribution in [3.05, 3.63) is 23.8 Å². The Morgan fingerprint density at radius 1 is 1.21 bits per heavy atom. The van der Waals surface area contributed by atoms with Gasteiger partial charge in [-0.3, -0.25) is 0 Å². The minimum absolute atomic E-state index is 0.0473. The van der Waals surface area contributed by atoms with Crippen LogP contribution in [0.3, 0.4) is 0 Å². The number of benzene rings is 1. The summed E-state index contributed by atoms with van der Waals surface area (Å²) in [5.74, 6) is -0.108. The van der Waals surface area contributed by atoms with Crippen molar-refractivity contribution >= 4 is 0 Å². The number of likely N-dealkylation sites (tertiary alicyclic amines) is 1. The van der Waals surface area contributed by atoms with Gasteiger partial charge < -0.3 is 20.4 Å². The van der Waals surface area contributed by atoms with Crippen LogP contribution >= 0.6 is 0 Å². The van der Waals surface area contributed by atoms with E-state index in [1.54, 1.807) is 6.07 Å². The van der Waals surface area contributed by atoms with Crippen molar-refractivity contribution in [1.82, 2.24) is 10.2 Å². The minimum atomic E-state index is -0.0611. The van der Waals surface area contributed by atoms with Gasteiger partial charge in [0.2, 0.25) is 0 Å². The van der Waals surface area contributed by atoms with Crippen molar-refractivity contribution in [3.63, 3.8) is 0 Å². The summed E-state index contributed by atoms with van der Waals surface area (Å²) in [5, 5.41) is 22.2. The number of rotatable bonds is 4. The Balaban J connectivity index is 1.79. The number of hydrogen-bond acceptors (Lipinski definition) is 4. The van der Waals surface area contributed by atoms with Gasteiger partial charge in [0.05, 0.1) is 0 Å². The largest absolute Gasteiger partial charge is 0.504 e. The Bertz CT molecular complexity index is 413. The average Bonchev–Trinajstić information content (AvgIpc) is 2.40. The first-order chi connectivity index (χ1) is 9.06. The van der Waals surface area contributed by atoms with Gasteiger partial charge in [-0.05, 0) is 57.5 Å². The van der Waals surface area contributed by atoms with Crippen molar-refractivity contribution in [1.29, 1.82) is 0 Å². The first-order valence-corrected chi connectivity index (χ1v) is 7.04. The molecule has 0 unspecified atom stereocenters. The normalized spacial score (nSPS) is 18.1. The van der Waals surface area contributed by atoms with Gasteiger partial charge in [-0.25, -0.2) is 0 Å². The molecule has 0 bridgehead atoms. The lowest BCUT2D eigenvalue weighted by Crippen LogP contribution is -2.44. The highest BCUT2D eigenvalue weighted by Crippen LogP contribution is 2.25. The summed E-state index contributed by atoms with van der Waals surface area (Å²) in [4.78, 5) is 2.50. The van der Waals surface area contributed by atoms with E-state index in [1.807, 2.05) is 6.07 Å². The molecule has 1 heterocycles. The van der Waals surface area contributed by atoms with E-state index in [2.05, 4.69) is 24.1 Å². The van der Waals surface area contributed by atoms with Crippen LogP contribution < -0.4 is 5.32 Å². The number of piperidine rings is 1. The molecule has 1 aliphatic rings. The van der Waals surface area contributed by atoms with Crippen LogP contribution in [-0.2, 0) is 6.54 Å². The molecule has 1 fully saturated rings. The van der Waals surface area contributed by atoms with Gasteiger partial charge in [-0.1, -0.05) is 6.07 Å². The molecule has 106 valence electrons. The van der Waals surface area contributed by atoms with Gasteiger partial charge in [0.15, 0.2) is 11.5 Å². The number of aromatic hydroxyl groups is 2. The fraction of sp³-hybridized carbons (Fsp3) is 0.600. The highest BCUT2D eigenvalue weighted by molar-refractivity contribution is 5.40. The van der Waals surface area contributed by atoms with Crippen molar-refractivity contribution in [2.75, 3.05) is 13.1 Å². The smallest absolute Gasteiger partial charge is 0.157 e. The monoisotopic (exact) mass is 264 g/mol. The van der Waals surface area contributed by atoms with Crippen LogP contribution in [0.4, 0.5) is 0 Å². The van der Waals surface area contributed by atoms with Crippen LogP contribution in [0.1, 0.15) is 32.3 Å². The third kappa shape index (κ3) is 3.85. The zero-order chi connectivity index (χ0) is 13.8. The van der Waals surface area contributed by atoms with Crippen LogP contribution in [-0.4, -0.2) is 40.3 Å². The number of nitrogens with one attached hydrogen (secondary N) is 1.